The molecule has 1 aliphatic heterocycles. The molecule has 0 unspecified atom stereocenters. The number of nitrogens with two attached hydrogens (primary N) is 1. The van der Waals surface area contributed by atoms with E-state index < -0.39 is 70.2 Å². The number of aromatic amines is 1. The van der Waals surface area contributed by atoms with Gasteiger partial charge in [-0.2, -0.15) is 12.8 Å². The topological polar surface area (TPSA) is 222 Å². The quantitative estimate of drug-likeness (QED) is 0.235. The highest BCUT2D eigenvalue weighted by atomic mass is 32.2. The lowest BCUT2D eigenvalue weighted by Crippen LogP contribution is -2.58. The zero-order valence-corrected chi connectivity index (χ0v) is 17.9. The van der Waals surface area contributed by atoms with E-state index in [1.165, 1.54) is 12.1 Å². The number of H-pyrrole nitrogens is 1. The molecule has 1 aromatic carbocycles. The number of carbonyl (C=O) groups is 1. The van der Waals surface area contributed by atoms with E-state index in [1.807, 2.05) is 6.92 Å². The summed E-state index contributed by atoms with van der Waals surface area (Å²) in [4.78, 5) is 36.6. The van der Waals surface area contributed by atoms with Crippen molar-refractivity contribution >= 4 is 15.9 Å². The number of aromatic nitrogens is 2. The van der Waals surface area contributed by atoms with Crippen molar-refractivity contribution in [2.24, 2.45) is 5.73 Å². The molecular formula is C18H22FN3O10S. The Balaban J connectivity index is 0.000000294. The highest BCUT2D eigenvalue weighted by Gasteiger charge is 2.60. The summed E-state index contributed by atoms with van der Waals surface area (Å²) in [5, 5.41) is 29.0. The van der Waals surface area contributed by atoms with Crippen LogP contribution in [0.15, 0.2) is 44.9 Å². The number of benzene rings is 1. The Morgan fingerprint density at radius 3 is 2.30 bits per heavy atom. The van der Waals surface area contributed by atoms with Crippen LogP contribution in [0.2, 0.25) is 0 Å². The van der Waals surface area contributed by atoms with Crippen LogP contribution >= 0.6 is 0 Å². The standard InChI is InChI=1S/C11H14FN3O7.C7H8O3S/c12-4-2-15(10(21)14-9(4)20)11(6(17)1-13)8(19)7(18)5(3-16)22-11;1-6-2-4-7(5-3-6)11(8,9)10/h2,5,7-8,16,18-19H,1,3,13H2,(H,14,20,21);2-5H,1H3,(H,8,9,10)/t5-,7-,8-,11-;/m1./s1. The monoisotopic (exact) mass is 491 g/mol. The number of ketones is 1. The molecule has 0 amide bonds. The van der Waals surface area contributed by atoms with Gasteiger partial charge in [-0.1, -0.05) is 17.7 Å². The highest BCUT2D eigenvalue weighted by molar-refractivity contribution is 7.85. The minimum Gasteiger partial charge on any atom is -0.394 e. The van der Waals surface area contributed by atoms with Crippen molar-refractivity contribution in [3.05, 3.63) is 62.7 Å². The van der Waals surface area contributed by atoms with Gasteiger partial charge in [0.1, 0.15) is 18.3 Å². The number of carbonyl (C=O) groups excluding carboxylic acids is 1. The third-order valence-electron chi connectivity index (χ3n) is 4.78. The van der Waals surface area contributed by atoms with Crippen LogP contribution in [0.1, 0.15) is 5.56 Å². The van der Waals surface area contributed by atoms with Crippen LogP contribution in [0, 0.1) is 12.7 Å². The van der Waals surface area contributed by atoms with Crippen molar-refractivity contribution in [2.75, 3.05) is 13.2 Å². The molecule has 13 nitrogen and oxygen atoms in total. The molecule has 2 aromatic rings. The molecular weight excluding hydrogens is 469 g/mol. The summed E-state index contributed by atoms with van der Waals surface area (Å²) >= 11 is 0. The molecule has 3 rings (SSSR count). The van der Waals surface area contributed by atoms with Gasteiger partial charge in [0.05, 0.1) is 24.2 Å². The summed E-state index contributed by atoms with van der Waals surface area (Å²) in [6, 6.07) is 5.99. The Labute approximate surface area is 185 Å². The lowest BCUT2D eigenvalue weighted by molar-refractivity contribution is -0.174. The normalized spacial score (nSPS) is 24.8. The summed E-state index contributed by atoms with van der Waals surface area (Å²) in [5.41, 5.74) is 1.04. The Bertz CT molecular complexity index is 1230. The van der Waals surface area contributed by atoms with Crippen molar-refractivity contribution in [2.45, 2.75) is 35.9 Å². The van der Waals surface area contributed by atoms with Crippen molar-refractivity contribution < 1.29 is 42.2 Å². The van der Waals surface area contributed by atoms with Crippen LogP contribution < -0.4 is 17.0 Å². The van der Waals surface area contributed by atoms with Crippen LogP contribution in [-0.4, -0.2) is 75.1 Å². The molecule has 1 aromatic heterocycles. The smallest absolute Gasteiger partial charge is 0.331 e. The second-order valence-corrected chi connectivity index (χ2v) is 8.41. The first-order valence-corrected chi connectivity index (χ1v) is 10.7. The number of nitrogens with one attached hydrogen (secondary N) is 1. The number of aliphatic hydroxyl groups excluding tert-OH is 3. The number of nitrogens with zero attached hydrogens (tertiary/aromatic N) is 1. The molecule has 1 saturated heterocycles. The van der Waals surface area contributed by atoms with E-state index in [-0.39, 0.29) is 4.90 Å². The molecule has 0 bridgehead atoms. The third kappa shape index (κ3) is 5.25. The number of halogens is 1. The second kappa shape index (κ2) is 10.0. The number of aliphatic hydroxyl groups is 3. The van der Waals surface area contributed by atoms with E-state index >= 15 is 0 Å². The number of aryl methyl sites for hydroxylation is 1. The van der Waals surface area contributed by atoms with Gasteiger partial charge in [0.2, 0.25) is 17.3 Å². The van der Waals surface area contributed by atoms with Gasteiger partial charge in [-0.05, 0) is 19.1 Å². The van der Waals surface area contributed by atoms with Crippen LogP contribution in [0.4, 0.5) is 4.39 Å². The van der Waals surface area contributed by atoms with Gasteiger partial charge in [-0.15, -0.1) is 0 Å². The fraction of sp³-hybridized carbons (Fsp3) is 0.389. The fourth-order valence-electron chi connectivity index (χ4n) is 3.07. The summed E-state index contributed by atoms with van der Waals surface area (Å²) in [6.45, 7) is 0.349. The predicted molar refractivity (Wildman–Crippen MR) is 108 cm³/mol. The zero-order chi connectivity index (χ0) is 25.1. The summed E-state index contributed by atoms with van der Waals surface area (Å²) in [5.74, 6) is -2.47. The SMILES string of the molecule is Cc1ccc(S(=O)(=O)O)cc1.NCC(=O)[C@@]1(n2cc(F)c(=O)[nH]c2=O)O[C@H](CO)[C@@H](O)[C@H]1O. The van der Waals surface area contributed by atoms with E-state index in [0.29, 0.717) is 10.8 Å². The van der Waals surface area contributed by atoms with Crippen LogP contribution in [0.5, 0.6) is 0 Å². The Morgan fingerprint density at radius 2 is 1.85 bits per heavy atom. The second-order valence-electron chi connectivity index (χ2n) is 6.99. The molecule has 2 heterocycles. The number of hydrogen-bond acceptors (Lipinski definition) is 10. The van der Waals surface area contributed by atoms with Gasteiger partial charge < -0.3 is 25.8 Å². The molecule has 33 heavy (non-hydrogen) atoms. The van der Waals surface area contributed by atoms with Gasteiger partial charge >= 0.3 is 5.69 Å². The van der Waals surface area contributed by atoms with Gasteiger partial charge in [0.25, 0.3) is 15.7 Å². The maximum Gasteiger partial charge on any atom is 0.331 e. The predicted octanol–water partition coefficient (Wildman–Crippen LogP) is -2.79. The Hall–Kier alpha value is -2.79. The van der Waals surface area contributed by atoms with Crippen LogP contribution in [0.25, 0.3) is 0 Å². The molecule has 15 heteroatoms. The highest BCUT2D eigenvalue weighted by Crippen LogP contribution is 2.35. The largest absolute Gasteiger partial charge is 0.394 e. The molecule has 1 fully saturated rings. The van der Waals surface area contributed by atoms with Crippen molar-refractivity contribution in [1.82, 2.24) is 9.55 Å². The molecule has 182 valence electrons. The van der Waals surface area contributed by atoms with E-state index in [0.717, 1.165) is 5.56 Å². The number of rotatable bonds is 5. The maximum atomic E-state index is 13.5. The number of ether oxygens (including phenoxy) is 1. The molecule has 7 N–H and O–H groups in total. The molecule has 0 saturated carbocycles. The van der Waals surface area contributed by atoms with Crippen molar-refractivity contribution in [1.29, 1.82) is 0 Å². The fourth-order valence-corrected chi connectivity index (χ4v) is 3.55. The van der Waals surface area contributed by atoms with Crippen LogP contribution in [-0.2, 0) is 25.4 Å². The van der Waals surface area contributed by atoms with Crippen molar-refractivity contribution in [3.8, 4) is 0 Å². The lowest BCUT2D eigenvalue weighted by atomic mass is 9.98. The van der Waals surface area contributed by atoms with Gasteiger partial charge in [-0.25, -0.2) is 4.79 Å². The average molecular weight is 491 g/mol. The Morgan fingerprint density at radius 1 is 1.27 bits per heavy atom. The summed E-state index contributed by atoms with van der Waals surface area (Å²) in [6.07, 6.45) is -4.79. The molecule has 0 spiro atoms. The van der Waals surface area contributed by atoms with E-state index in [4.69, 9.17) is 20.1 Å². The minimum absolute atomic E-state index is 0.0666. The first-order valence-electron chi connectivity index (χ1n) is 9.23. The van der Waals surface area contributed by atoms with Crippen LogP contribution in [0.3, 0.4) is 0 Å². The van der Waals surface area contributed by atoms with E-state index in [9.17, 15) is 37.4 Å². The molecule has 4 atom stereocenters. The number of hydrogen-bond donors (Lipinski definition) is 6. The molecule has 1 aliphatic rings. The first kappa shape index (κ1) is 26.5. The summed E-state index contributed by atoms with van der Waals surface area (Å²) in [7, 11) is -4.02. The minimum atomic E-state index is -4.02. The molecule has 0 aliphatic carbocycles. The van der Waals surface area contributed by atoms with Gasteiger partial charge in [0, 0.05) is 0 Å². The third-order valence-corrected chi connectivity index (χ3v) is 5.64. The molecule has 0 radical (unpaired) electrons. The zero-order valence-electron chi connectivity index (χ0n) is 17.1. The maximum absolute atomic E-state index is 13.5. The van der Waals surface area contributed by atoms with Gasteiger partial charge in [0.15, 0.2) is 0 Å². The first-order chi connectivity index (χ1) is 15.3. The van der Waals surface area contributed by atoms with Crippen molar-refractivity contribution in [3.63, 3.8) is 0 Å². The average Bonchev–Trinajstić information content (AvgIpc) is 3.01. The van der Waals surface area contributed by atoms with Gasteiger partial charge in [-0.3, -0.25) is 23.7 Å². The summed E-state index contributed by atoms with van der Waals surface area (Å²) < 4.78 is 48.4. The lowest BCUT2D eigenvalue weighted by Gasteiger charge is -2.31. The van der Waals surface area contributed by atoms with E-state index in [1.54, 1.807) is 17.1 Å². The Kier molecular flexibility index (Phi) is 8.02. The number of Topliss-reactive ketones (excluding diaryl/α,β-unsaturated/α-hetero) is 1. The van der Waals surface area contributed by atoms with E-state index in [2.05, 4.69) is 0 Å².